The molecule has 0 aliphatic rings. The van der Waals surface area contributed by atoms with Gasteiger partial charge in [0.2, 0.25) is 0 Å². The molecule has 0 amide bonds. The summed E-state index contributed by atoms with van der Waals surface area (Å²) in [5.74, 6) is 0. The van der Waals surface area contributed by atoms with Gasteiger partial charge in [-0.2, -0.15) is 0 Å². The number of hydrogen-bond acceptors (Lipinski definition) is 1. The van der Waals surface area contributed by atoms with Gasteiger partial charge >= 0.3 is 0 Å². The molecule has 1 nitrogen and oxygen atoms in total. The Balaban J connectivity index is 1.17. The first-order chi connectivity index (χ1) is 28.8. The Morgan fingerprint density at radius 1 is 0.358 bits per heavy atom. The van der Waals surface area contributed by atoms with E-state index in [0.29, 0.717) is 27.7 Å². The highest BCUT2D eigenvalue weighted by molar-refractivity contribution is 6.22. The third-order valence-electron chi connectivity index (χ3n) is 10.5. The summed E-state index contributed by atoms with van der Waals surface area (Å²) in [4.78, 5) is 0. The van der Waals surface area contributed by atoms with Crippen LogP contribution in [0.25, 0.3) is 110 Å². The van der Waals surface area contributed by atoms with Crippen LogP contribution in [0.4, 0.5) is 0 Å². The lowest BCUT2D eigenvalue weighted by atomic mass is 9.85. The molecule has 0 atom stereocenters. The Kier molecular flexibility index (Phi) is 5.40. The van der Waals surface area contributed by atoms with Gasteiger partial charge in [0.05, 0.1) is 8.22 Å². The third-order valence-corrected chi connectivity index (χ3v) is 10.5. The minimum absolute atomic E-state index is 0.0101. The average molecular weight is 679 g/mol. The van der Waals surface area contributed by atoms with Crippen molar-refractivity contribution in [3.05, 3.63) is 194 Å². The predicted octanol–water partition coefficient (Wildman–Crippen LogP) is 14.9. The van der Waals surface area contributed by atoms with E-state index >= 15 is 0 Å². The highest BCUT2D eigenvalue weighted by Crippen LogP contribution is 2.45. The average Bonchev–Trinajstić information content (AvgIpc) is 3.66. The number of hydrogen-bond donors (Lipinski definition) is 0. The van der Waals surface area contributed by atoms with Crippen molar-refractivity contribution in [1.82, 2.24) is 0 Å². The van der Waals surface area contributed by atoms with Crippen molar-refractivity contribution in [2.75, 3.05) is 0 Å². The molecule has 1 heterocycles. The van der Waals surface area contributed by atoms with E-state index in [4.69, 9.17) is 4.42 Å². The third kappa shape index (κ3) is 4.71. The van der Waals surface area contributed by atoms with Gasteiger partial charge in [0, 0.05) is 16.3 Å². The largest absolute Gasteiger partial charge is 0.455 e. The van der Waals surface area contributed by atoms with E-state index in [1.165, 1.54) is 0 Å². The van der Waals surface area contributed by atoms with Crippen LogP contribution in [-0.2, 0) is 0 Å². The lowest BCUT2D eigenvalue weighted by Crippen LogP contribution is -1.90. The zero-order valence-electron chi connectivity index (χ0n) is 34.4. The van der Waals surface area contributed by atoms with E-state index < -0.39 is 0 Å². The van der Waals surface area contributed by atoms with Crippen molar-refractivity contribution < 1.29 is 12.6 Å². The monoisotopic (exact) mass is 678 g/mol. The van der Waals surface area contributed by atoms with Crippen LogP contribution in [0.15, 0.2) is 198 Å². The summed E-state index contributed by atoms with van der Waals surface area (Å²) in [5, 5.41) is 7.27. The van der Waals surface area contributed by atoms with Crippen LogP contribution in [0.1, 0.15) is 8.22 Å². The van der Waals surface area contributed by atoms with E-state index in [0.717, 1.165) is 60.0 Å². The fraction of sp³-hybridized carbons (Fsp3) is 0. The molecule has 0 bridgehead atoms. The first kappa shape index (κ1) is 24.3. The van der Waals surface area contributed by atoms with E-state index in [-0.39, 0.29) is 58.2 Å². The molecule has 1 aromatic heterocycles. The SMILES string of the molecule is [2H]c1c(-c2cccc3oc4c(-c5ccc6ccccc6c5)cccc4c23)c([2H])c2c([2H])c([2H])c(-c3c4ccccc4c(-c4ccccc4)c4ccccc34)c([2H])c2c1[2H]. The number of fused-ring (bicyclic) bond motifs is 7. The second-order valence-electron chi connectivity index (χ2n) is 13.5. The fourth-order valence-electron chi connectivity index (χ4n) is 8.09. The van der Waals surface area contributed by atoms with Crippen LogP contribution in [0, 0.1) is 0 Å². The van der Waals surface area contributed by atoms with Gasteiger partial charge in [-0.25, -0.2) is 0 Å². The van der Waals surface area contributed by atoms with Gasteiger partial charge in [-0.15, -0.1) is 0 Å². The first-order valence-electron chi connectivity index (χ1n) is 20.8. The number of benzene rings is 10. The maximum atomic E-state index is 9.76. The Labute approximate surface area is 315 Å². The summed E-state index contributed by atoms with van der Waals surface area (Å²) < 4.78 is 64.1. The van der Waals surface area contributed by atoms with E-state index in [1.54, 1.807) is 0 Å². The Bertz CT molecular complexity index is 3510. The highest BCUT2D eigenvalue weighted by atomic mass is 16.3. The van der Waals surface area contributed by atoms with Crippen LogP contribution in [0.5, 0.6) is 0 Å². The van der Waals surface area contributed by atoms with Gasteiger partial charge in [-0.1, -0.05) is 170 Å². The standard InChI is InChI=1S/C52H32O/c1-2-13-34(14-3-1)49-43-16-6-8-18-45(43)50(46-19-9-7-17-44(46)49)40-29-26-36-31-38(28-25-37(36)32-40)41-20-11-23-48-51(41)47-22-10-21-42(52(47)53-48)39-27-24-33-12-4-5-15-35(33)30-39/h1-32H/i25D,26D,28D,29D,31D,32D. The zero-order valence-corrected chi connectivity index (χ0v) is 28.4. The van der Waals surface area contributed by atoms with Crippen molar-refractivity contribution >= 4 is 65.0 Å². The van der Waals surface area contributed by atoms with Crippen molar-refractivity contribution in [2.45, 2.75) is 0 Å². The van der Waals surface area contributed by atoms with Crippen LogP contribution in [0.2, 0.25) is 0 Å². The first-order valence-corrected chi connectivity index (χ1v) is 17.8. The molecule has 0 fully saturated rings. The van der Waals surface area contributed by atoms with Gasteiger partial charge in [-0.05, 0) is 106 Å². The van der Waals surface area contributed by atoms with Crippen molar-refractivity contribution in [3.8, 4) is 44.5 Å². The molecule has 10 aromatic carbocycles. The lowest BCUT2D eigenvalue weighted by molar-refractivity contribution is 0.670. The van der Waals surface area contributed by atoms with Gasteiger partial charge in [0.15, 0.2) is 0 Å². The molecule has 11 rings (SSSR count). The molecule has 0 saturated heterocycles. The van der Waals surface area contributed by atoms with Gasteiger partial charge in [0.25, 0.3) is 0 Å². The fourth-order valence-corrected chi connectivity index (χ4v) is 8.09. The summed E-state index contributed by atoms with van der Waals surface area (Å²) in [7, 11) is 0. The molecule has 0 aliphatic heterocycles. The topological polar surface area (TPSA) is 13.1 Å². The molecule has 0 saturated carbocycles. The summed E-state index contributed by atoms with van der Waals surface area (Å²) in [5.41, 5.74) is 6.72. The minimum Gasteiger partial charge on any atom is -0.455 e. The van der Waals surface area contributed by atoms with E-state index in [1.807, 2.05) is 115 Å². The number of furan rings is 1. The van der Waals surface area contributed by atoms with E-state index in [9.17, 15) is 8.22 Å². The molecule has 53 heavy (non-hydrogen) atoms. The maximum absolute atomic E-state index is 9.76. The number of para-hydroxylation sites is 1. The maximum Gasteiger partial charge on any atom is 0.143 e. The summed E-state index contributed by atoms with van der Waals surface area (Å²) in [6.45, 7) is 0. The molecule has 11 aromatic rings. The Morgan fingerprint density at radius 2 is 0.925 bits per heavy atom. The van der Waals surface area contributed by atoms with Gasteiger partial charge in [-0.3, -0.25) is 0 Å². The van der Waals surface area contributed by atoms with Crippen molar-refractivity contribution in [2.24, 2.45) is 0 Å². The van der Waals surface area contributed by atoms with Crippen LogP contribution >= 0.6 is 0 Å². The highest BCUT2D eigenvalue weighted by Gasteiger charge is 2.18. The number of rotatable bonds is 4. The second-order valence-corrected chi connectivity index (χ2v) is 13.5. The summed E-state index contributed by atoms with van der Waals surface area (Å²) >= 11 is 0. The summed E-state index contributed by atoms with van der Waals surface area (Å²) in [6, 6.07) is 50.7. The molecule has 246 valence electrons. The molecular weight excluding hydrogens is 641 g/mol. The van der Waals surface area contributed by atoms with Crippen LogP contribution < -0.4 is 0 Å². The zero-order chi connectivity index (χ0) is 40.1. The van der Waals surface area contributed by atoms with Crippen molar-refractivity contribution in [1.29, 1.82) is 0 Å². The summed E-state index contributed by atoms with van der Waals surface area (Å²) in [6.07, 6.45) is 0. The molecule has 0 radical (unpaired) electrons. The minimum atomic E-state index is -0.262. The van der Waals surface area contributed by atoms with Gasteiger partial charge < -0.3 is 4.42 Å². The van der Waals surface area contributed by atoms with Crippen LogP contribution in [-0.4, -0.2) is 0 Å². The molecule has 0 spiro atoms. The molecule has 0 N–H and O–H groups in total. The molecular formula is C52H32O. The second kappa shape index (κ2) is 11.8. The normalized spacial score (nSPS) is 13.4. The Hall–Kier alpha value is -6.96. The molecule has 1 heteroatoms. The van der Waals surface area contributed by atoms with Crippen LogP contribution in [0.3, 0.4) is 0 Å². The quantitative estimate of drug-likeness (QED) is 0.169. The Morgan fingerprint density at radius 3 is 1.66 bits per heavy atom. The lowest BCUT2D eigenvalue weighted by Gasteiger charge is -2.18. The van der Waals surface area contributed by atoms with Gasteiger partial charge in [0.1, 0.15) is 11.2 Å². The van der Waals surface area contributed by atoms with Crippen molar-refractivity contribution in [3.63, 3.8) is 0 Å². The smallest absolute Gasteiger partial charge is 0.143 e. The van der Waals surface area contributed by atoms with E-state index in [2.05, 4.69) is 42.5 Å². The molecule has 0 unspecified atom stereocenters. The molecule has 0 aliphatic carbocycles. The predicted molar refractivity (Wildman–Crippen MR) is 225 cm³/mol.